The van der Waals surface area contributed by atoms with E-state index in [1.165, 1.54) is 4.68 Å². The van der Waals surface area contributed by atoms with Crippen LogP contribution in [0.1, 0.15) is 24.6 Å². The van der Waals surface area contributed by atoms with Crippen LogP contribution >= 0.6 is 0 Å². The summed E-state index contributed by atoms with van der Waals surface area (Å²) in [5.74, 6) is -0.771. The lowest BCUT2D eigenvalue weighted by Crippen LogP contribution is -2.46. The lowest BCUT2D eigenvalue weighted by molar-refractivity contribution is -0.136. The molecule has 1 aromatic carbocycles. The number of imide groups is 1. The molecule has 0 saturated carbocycles. The Morgan fingerprint density at radius 3 is 2.65 bits per heavy atom. The van der Waals surface area contributed by atoms with Crippen molar-refractivity contribution in [1.29, 1.82) is 0 Å². The number of hydrogen-bond acceptors (Lipinski definition) is 6. The summed E-state index contributed by atoms with van der Waals surface area (Å²) in [5.41, 5.74) is 1.29. The fourth-order valence-corrected chi connectivity index (χ4v) is 3.74. The molecule has 8 nitrogen and oxygen atoms in total. The van der Waals surface area contributed by atoms with Crippen molar-refractivity contribution in [2.24, 2.45) is 0 Å². The van der Waals surface area contributed by atoms with Gasteiger partial charge in [-0.05, 0) is 19.4 Å². The molecule has 2 saturated heterocycles. The standard InChI is InChI=1S/C18H21N5O3/c1-11-12-3-2-4-13(22-9-7-19-8-10-22)16(12)18(26)23(21-11)14-5-6-15(24)20-17(14)25/h2-4,14,19H,5-10H2,1H3,(H,20,24,25). The predicted octanol–water partition coefficient (Wildman–Crippen LogP) is 0.0922. The Balaban J connectivity index is 1.88. The predicted molar refractivity (Wildman–Crippen MR) is 97.2 cm³/mol. The van der Waals surface area contributed by atoms with Gasteiger partial charge in [0, 0.05) is 38.0 Å². The van der Waals surface area contributed by atoms with Gasteiger partial charge in [-0.1, -0.05) is 12.1 Å². The van der Waals surface area contributed by atoms with Crippen LogP contribution in [0.2, 0.25) is 0 Å². The van der Waals surface area contributed by atoms with Gasteiger partial charge >= 0.3 is 0 Å². The summed E-state index contributed by atoms with van der Waals surface area (Å²) < 4.78 is 1.26. The maximum atomic E-state index is 13.3. The molecule has 0 spiro atoms. The van der Waals surface area contributed by atoms with Crippen LogP contribution in [0.15, 0.2) is 23.0 Å². The van der Waals surface area contributed by atoms with Gasteiger partial charge in [0.05, 0.1) is 16.8 Å². The number of carbonyl (C=O) groups is 2. The minimum absolute atomic E-state index is 0.209. The summed E-state index contributed by atoms with van der Waals surface area (Å²) in [6.07, 6.45) is 0.499. The lowest BCUT2D eigenvalue weighted by atomic mass is 10.0. The second-order valence-corrected chi connectivity index (χ2v) is 6.74. The molecule has 2 fully saturated rings. The zero-order valence-electron chi connectivity index (χ0n) is 14.6. The minimum Gasteiger partial charge on any atom is -0.368 e. The lowest BCUT2D eigenvalue weighted by Gasteiger charge is -2.30. The molecule has 4 rings (SSSR count). The second kappa shape index (κ2) is 6.53. The van der Waals surface area contributed by atoms with E-state index in [2.05, 4.69) is 20.6 Å². The molecule has 2 N–H and O–H groups in total. The van der Waals surface area contributed by atoms with Gasteiger partial charge in [0.2, 0.25) is 5.91 Å². The van der Waals surface area contributed by atoms with E-state index in [9.17, 15) is 14.4 Å². The van der Waals surface area contributed by atoms with Gasteiger partial charge in [0.1, 0.15) is 6.04 Å². The molecular formula is C18H21N5O3. The molecule has 2 aromatic rings. The molecule has 2 amide bonds. The van der Waals surface area contributed by atoms with E-state index < -0.39 is 11.9 Å². The highest BCUT2D eigenvalue weighted by Crippen LogP contribution is 2.27. The summed E-state index contributed by atoms with van der Waals surface area (Å²) in [6, 6.07) is 5.02. The minimum atomic E-state index is -0.751. The molecule has 1 aromatic heterocycles. The fraction of sp³-hybridized carbons (Fsp3) is 0.444. The number of piperazine rings is 1. The molecule has 0 bridgehead atoms. The molecule has 26 heavy (non-hydrogen) atoms. The van der Waals surface area contributed by atoms with E-state index in [0.29, 0.717) is 17.5 Å². The van der Waals surface area contributed by atoms with Crippen LogP contribution in [0.25, 0.3) is 10.8 Å². The van der Waals surface area contributed by atoms with E-state index in [4.69, 9.17) is 0 Å². The Labute approximate surface area is 150 Å². The number of piperidine rings is 1. The van der Waals surface area contributed by atoms with E-state index in [0.717, 1.165) is 37.3 Å². The number of carbonyl (C=O) groups excluding carboxylic acids is 2. The van der Waals surface area contributed by atoms with E-state index in [1.807, 2.05) is 25.1 Å². The van der Waals surface area contributed by atoms with Crippen molar-refractivity contribution in [2.75, 3.05) is 31.1 Å². The Hall–Kier alpha value is -2.74. The number of nitrogens with one attached hydrogen (secondary N) is 2. The van der Waals surface area contributed by atoms with E-state index in [1.54, 1.807) is 0 Å². The van der Waals surface area contributed by atoms with Gasteiger partial charge in [-0.25, -0.2) is 4.68 Å². The Bertz CT molecular complexity index is 946. The van der Waals surface area contributed by atoms with Crippen LogP contribution in [0, 0.1) is 6.92 Å². The van der Waals surface area contributed by atoms with Crippen LogP contribution < -0.4 is 21.1 Å². The molecule has 136 valence electrons. The van der Waals surface area contributed by atoms with E-state index in [-0.39, 0.29) is 17.9 Å². The first kappa shape index (κ1) is 16.7. The van der Waals surface area contributed by atoms with Crippen LogP contribution in [-0.4, -0.2) is 47.8 Å². The maximum absolute atomic E-state index is 13.3. The zero-order valence-corrected chi connectivity index (χ0v) is 14.6. The summed E-state index contributed by atoms with van der Waals surface area (Å²) in [5, 5.41) is 11.4. The SMILES string of the molecule is Cc1nn(C2CCC(=O)NC2=O)c(=O)c2c(N3CCNCC3)cccc12. The first-order chi connectivity index (χ1) is 12.6. The molecule has 0 radical (unpaired) electrons. The number of benzene rings is 1. The Morgan fingerprint density at radius 1 is 1.15 bits per heavy atom. The molecule has 8 heteroatoms. The average molecular weight is 355 g/mol. The summed E-state index contributed by atoms with van der Waals surface area (Å²) in [4.78, 5) is 39.1. The zero-order chi connectivity index (χ0) is 18.3. The van der Waals surface area contributed by atoms with Crippen molar-refractivity contribution in [1.82, 2.24) is 20.4 Å². The van der Waals surface area contributed by atoms with Crippen LogP contribution in [0.5, 0.6) is 0 Å². The van der Waals surface area contributed by atoms with Crippen molar-refractivity contribution in [3.63, 3.8) is 0 Å². The average Bonchev–Trinajstić information content (AvgIpc) is 2.65. The first-order valence-electron chi connectivity index (χ1n) is 8.88. The van der Waals surface area contributed by atoms with E-state index >= 15 is 0 Å². The summed E-state index contributed by atoms with van der Waals surface area (Å²) in [7, 11) is 0. The highest BCUT2D eigenvalue weighted by Gasteiger charge is 2.31. The number of aryl methyl sites for hydroxylation is 1. The topological polar surface area (TPSA) is 96.3 Å². The highest BCUT2D eigenvalue weighted by molar-refractivity contribution is 6.00. The van der Waals surface area contributed by atoms with Crippen molar-refractivity contribution in [3.8, 4) is 0 Å². The third-order valence-electron chi connectivity index (χ3n) is 5.07. The molecule has 2 aliphatic rings. The fourth-order valence-electron chi connectivity index (χ4n) is 3.74. The Morgan fingerprint density at radius 2 is 1.92 bits per heavy atom. The molecule has 0 aliphatic carbocycles. The monoisotopic (exact) mass is 355 g/mol. The van der Waals surface area contributed by atoms with Gasteiger partial charge in [-0.15, -0.1) is 0 Å². The molecular weight excluding hydrogens is 334 g/mol. The number of aromatic nitrogens is 2. The van der Waals surface area contributed by atoms with Gasteiger partial charge in [-0.2, -0.15) is 5.10 Å². The number of fused-ring (bicyclic) bond motifs is 1. The largest absolute Gasteiger partial charge is 0.368 e. The van der Waals surface area contributed by atoms with Gasteiger partial charge < -0.3 is 10.2 Å². The number of nitrogens with zero attached hydrogens (tertiary/aromatic N) is 3. The highest BCUT2D eigenvalue weighted by atomic mass is 16.2. The number of hydrogen-bond donors (Lipinski definition) is 2. The van der Waals surface area contributed by atoms with Gasteiger partial charge in [0.15, 0.2) is 0 Å². The van der Waals surface area contributed by atoms with Crippen LogP contribution in [0.3, 0.4) is 0 Å². The molecule has 1 atom stereocenters. The van der Waals surface area contributed by atoms with Crippen LogP contribution in [0.4, 0.5) is 5.69 Å². The van der Waals surface area contributed by atoms with Crippen molar-refractivity contribution < 1.29 is 9.59 Å². The van der Waals surface area contributed by atoms with Crippen molar-refractivity contribution in [2.45, 2.75) is 25.8 Å². The number of rotatable bonds is 2. The van der Waals surface area contributed by atoms with Crippen molar-refractivity contribution >= 4 is 28.3 Å². The molecule has 1 unspecified atom stereocenters. The molecule has 3 heterocycles. The van der Waals surface area contributed by atoms with Gasteiger partial charge in [0.25, 0.3) is 11.5 Å². The third-order valence-corrected chi connectivity index (χ3v) is 5.07. The normalized spacial score (nSPS) is 21.1. The maximum Gasteiger partial charge on any atom is 0.277 e. The molecule has 2 aliphatic heterocycles. The summed E-state index contributed by atoms with van der Waals surface area (Å²) >= 11 is 0. The number of amides is 2. The number of anilines is 1. The van der Waals surface area contributed by atoms with Gasteiger partial charge in [-0.3, -0.25) is 19.7 Å². The third kappa shape index (κ3) is 2.76. The first-order valence-corrected chi connectivity index (χ1v) is 8.88. The Kier molecular flexibility index (Phi) is 4.20. The van der Waals surface area contributed by atoms with Crippen LogP contribution in [-0.2, 0) is 9.59 Å². The second-order valence-electron chi connectivity index (χ2n) is 6.74. The quantitative estimate of drug-likeness (QED) is 0.742. The summed E-state index contributed by atoms with van der Waals surface area (Å²) in [6.45, 7) is 5.20. The smallest absolute Gasteiger partial charge is 0.277 e. The van der Waals surface area contributed by atoms with Crippen molar-refractivity contribution in [3.05, 3.63) is 34.2 Å².